The highest BCUT2D eigenvalue weighted by molar-refractivity contribution is 6.32. The van der Waals surface area contributed by atoms with E-state index in [1.54, 1.807) is 18.2 Å². The van der Waals surface area contributed by atoms with Crippen molar-refractivity contribution in [3.8, 4) is 11.8 Å². The Bertz CT molecular complexity index is 690. The number of hydrogen-bond donors (Lipinski definition) is 0. The van der Waals surface area contributed by atoms with Crippen LogP contribution in [0, 0.1) is 17.2 Å². The Morgan fingerprint density at radius 2 is 2.05 bits per heavy atom. The molecule has 0 aliphatic heterocycles. The van der Waals surface area contributed by atoms with Gasteiger partial charge in [-0.1, -0.05) is 42.8 Å². The van der Waals surface area contributed by atoms with E-state index in [-0.39, 0.29) is 6.10 Å². The summed E-state index contributed by atoms with van der Waals surface area (Å²) in [7, 11) is 0. The molecule has 0 aromatic heterocycles. The number of rotatable bonds is 2. The molecule has 3 heteroatoms. The molecule has 0 unspecified atom stereocenters. The van der Waals surface area contributed by atoms with E-state index >= 15 is 0 Å². The Kier molecular flexibility index (Phi) is 3.38. The molecule has 0 bridgehead atoms. The van der Waals surface area contributed by atoms with Crippen molar-refractivity contribution in [2.24, 2.45) is 5.92 Å². The van der Waals surface area contributed by atoms with E-state index in [2.05, 4.69) is 31.2 Å². The summed E-state index contributed by atoms with van der Waals surface area (Å²) in [5.74, 6) is 1.05. The van der Waals surface area contributed by atoms with Gasteiger partial charge < -0.3 is 4.74 Å². The van der Waals surface area contributed by atoms with Crippen molar-refractivity contribution in [1.29, 1.82) is 5.26 Å². The van der Waals surface area contributed by atoms with Crippen molar-refractivity contribution in [3.05, 3.63) is 64.2 Å². The summed E-state index contributed by atoms with van der Waals surface area (Å²) in [5, 5.41) is 9.35. The van der Waals surface area contributed by atoms with Gasteiger partial charge in [-0.05, 0) is 35.7 Å². The van der Waals surface area contributed by atoms with Crippen molar-refractivity contribution in [2.45, 2.75) is 19.4 Å². The molecular formula is C17H14ClNO. The van der Waals surface area contributed by atoms with Crippen LogP contribution in [0.15, 0.2) is 42.5 Å². The van der Waals surface area contributed by atoms with E-state index < -0.39 is 0 Å². The van der Waals surface area contributed by atoms with Crippen LogP contribution in [-0.4, -0.2) is 0 Å². The zero-order valence-electron chi connectivity index (χ0n) is 11.1. The lowest BCUT2D eigenvalue weighted by atomic mass is 10.1. The molecule has 0 amide bonds. The second-order valence-electron chi connectivity index (χ2n) is 5.18. The molecule has 20 heavy (non-hydrogen) atoms. The highest BCUT2D eigenvalue weighted by Crippen LogP contribution is 2.40. The van der Waals surface area contributed by atoms with Crippen LogP contribution in [0.1, 0.15) is 29.7 Å². The average molecular weight is 284 g/mol. The maximum absolute atomic E-state index is 8.86. The van der Waals surface area contributed by atoms with Gasteiger partial charge in [-0.2, -0.15) is 5.26 Å². The fourth-order valence-corrected chi connectivity index (χ4v) is 2.97. The normalized spacial score (nSPS) is 20.2. The van der Waals surface area contributed by atoms with E-state index in [0.717, 1.165) is 6.42 Å². The van der Waals surface area contributed by atoms with Gasteiger partial charge in [0.05, 0.1) is 16.7 Å². The van der Waals surface area contributed by atoms with Gasteiger partial charge in [0.2, 0.25) is 0 Å². The van der Waals surface area contributed by atoms with Crippen molar-refractivity contribution in [3.63, 3.8) is 0 Å². The van der Waals surface area contributed by atoms with Crippen LogP contribution in [-0.2, 0) is 6.42 Å². The molecule has 3 rings (SSSR count). The third-order valence-electron chi connectivity index (χ3n) is 3.74. The van der Waals surface area contributed by atoms with Crippen LogP contribution in [0.4, 0.5) is 0 Å². The Hall–Kier alpha value is -1.98. The monoisotopic (exact) mass is 283 g/mol. The molecule has 2 atom stereocenters. The lowest BCUT2D eigenvalue weighted by Crippen LogP contribution is -2.11. The molecule has 0 spiro atoms. The standard InChI is InChI=1S/C17H14ClNO/c1-11-8-13-4-2-3-5-14(13)17(11)20-16-7-6-12(10-19)9-15(16)18/h2-7,9,11,17H,8H2,1H3/t11-,17+/m1/s1. The van der Waals surface area contributed by atoms with Gasteiger partial charge in [0.15, 0.2) is 0 Å². The zero-order chi connectivity index (χ0) is 14.1. The molecule has 2 aromatic carbocycles. The fourth-order valence-electron chi connectivity index (χ4n) is 2.74. The van der Waals surface area contributed by atoms with E-state index in [1.807, 2.05) is 6.07 Å². The maximum Gasteiger partial charge on any atom is 0.138 e. The molecule has 0 heterocycles. The summed E-state index contributed by atoms with van der Waals surface area (Å²) < 4.78 is 6.10. The van der Waals surface area contributed by atoms with E-state index in [1.165, 1.54) is 11.1 Å². The second kappa shape index (κ2) is 5.19. The Morgan fingerprint density at radius 1 is 1.25 bits per heavy atom. The first kappa shape index (κ1) is 13.0. The molecule has 1 aliphatic carbocycles. The largest absolute Gasteiger partial charge is 0.484 e. The molecule has 0 N–H and O–H groups in total. The van der Waals surface area contributed by atoms with Crippen LogP contribution >= 0.6 is 11.6 Å². The van der Waals surface area contributed by atoms with Gasteiger partial charge in [-0.15, -0.1) is 0 Å². The van der Waals surface area contributed by atoms with E-state index in [4.69, 9.17) is 21.6 Å². The molecule has 2 aromatic rings. The van der Waals surface area contributed by atoms with Crippen LogP contribution in [0.2, 0.25) is 5.02 Å². The number of halogens is 1. The lowest BCUT2D eigenvalue weighted by molar-refractivity contribution is 0.159. The van der Waals surface area contributed by atoms with Crippen molar-refractivity contribution in [1.82, 2.24) is 0 Å². The number of nitrogens with zero attached hydrogens (tertiary/aromatic N) is 1. The van der Waals surface area contributed by atoms with Gasteiger partial charge in [-0.3, -0.25) is 0 Å². The van der Waals surface area contributed by atoms with Crippen molar-refractivity contribution >= 4 is 11.6 Å². The summed E-state index contributed by atoms with van der Waals surface area (Å²) in [6.07, 6.45) is 1.05. The number of fused-ring (bicyclic) bond motifs is 1. The summed E-state index contributed by atoms with van der Waals surface area (Å²) >= 11 is 6.19. The van der Waals surface area contributed by atoms with E-state index in [0.29, 0.717) is 22.3 Å². The van der Waals surface area contributed by atoms with Crippen molar-refractivity contribution < 1.29 is 4.74 Å². The summed E-state index contributed by atoms with van der Waals surface area (Å²) in [6, 6.07) is 15.6. The number of hydrogen-bond acceptors (Lipinski definition) is 2. The summed E-state index contributed by atoms with van der Waals surface area (Å²) in [6.45, 7) is 2.18. The quantitative estimate of drug-likeness (QED) is 0.811. The number of ether oxygens (including phenoxy) is 1. The van der Waals surface area contributed by atoms with Gasteiger partial charge in [0.1, 0.15) is 11.9 Å². The highest BCUT2D eigenvalue weighted by atomic mass is 35.5. The SMILES string of the molecule is C[C@@H]1Cc2ccccc2[C@H]1Oc1ccc(C#N)cc1Cl. The first-order valence-electron chi connectivity index (χ1n) is 6.63. The predicted molar refractivity (Wildman–Crippen MR) is 78.8 cm³/mol. The summed E-state index contributed by atoms with van der Waals surface area (Å²) in [4.78, 5) is 0. The van der Waals surface area contributed by atoms with Crippen LogP contribution in [0.25, 0.3) is 0 Å². The molecule has 100 valence electrons. The second-order valence-corrected chi connectivity index (χ2v) is 5.58. The Balaban J connectivity index is 1.90. The topological polar surface area (TPSA) is 33.0 Å². The third kappa shape index (κ3) is 2.26. The van der Waals surface area contributed by atoms with Crippen LogP contribution < -0.4 is 4.74 Å². The highest BCUT2D eigenvalue weighted by Gasteiger charge is 2.31. The minimum atomic E-state index is 0.0247. The molecule has 0 fully saturated rings. The van der Waals surface area contributed by atoms with E-state index in [9.17, 15) is 0 Å². The molecule has 2 nitrogen and oxygen atoms in total. The molecule has 0 radical (unpaired) electrons. The number of nitriles is 1. The molecule has 1 aliphatic rings. The predicted octanol–water partition coefficient (Wildman–Crippen LogP) is 4.52. The average Bonchev–Trinajstić information content (AvgIpc) is 2.77. The van der Waals surface area contributed by atoms with Crippen molar-refractivity contribution in [2.75, 3.05) is 0 Å². The smallest absolute Gasteiger partial charge is 0.138 e. The minimum absolute atomic E-state index is 0.0247. The van der Waals surface area contributed by atoms with Gasteiger partial charge in [0.25, 0.3) is 0 Å². The zero-order valence-corrected chi connectivity index (χ0v) is 11.9. The summed E-state index contributed by atoms with van der Waals surface area (Å²) in [5.41, 5.74) is 3.12. The van der Waals surface area contributed by atoms with Gasteiger partial charge >= 0.3 is 0 Å². The Labute approximate surface area is 123 Å². The molecule has 0 saturated carbocycles. The molecular weight excluding hydrogens is 270 g/mol. The van der Waals surface area contributed by atoms with Gasteiger partial charge in [0, 0.05) is 5.92 Å². The van der Waals surface area contributed by atoms with Crippen LogP contribution in [0.3, 0.4) is 0 Å². The van der Waals surface area contributed by atoms with Crippen LogP contribution in [0.5, 0.6) is 5.75 Å². The maximum atomic E-state index is 8.86. The fraction of sp³-hybridized carbons (Fsp3) is 0.235. The minimum Gasteiger partial charge on any atom is -0.484 e. The first-order valence-corrected chi connectivity index (χ1v) is 7.01. The molecule has 0 saturated heterocycles. The Morgan fingerprint density at radius 3 is 2.80 bits per heavy atom. The lowest BCUT2D eigenvalue weighted by Gasteiger charge is -2.20. The number of benzene rings is 2. The third-order valence-corrected chi connectivity index (χ3v) is 4.03. The first-order chi connectivity index (χ1) is 9.69. The van der Waals surface area contributed by atoms with Gasteiger partial charge in [-0.25, -0.2) is 0 Å².